The molecule has 3 N–H and O–H groups in total. The van der Waals surface area contributed by atoms with Crippen LogP contribution in [0.3, 0.4) is 0 Å². The molecule has 1 atom stereocenters. The van der Waals surface area contributed by atoms with Gasteiger partial charge in [0.2, 0.25) is 11.6 Å². The van der Waals surface area contributed by atoms with Crippen LogP contribution in [0.4, 0.5) is 5.82 Å². The Kier molecular flexibility index (Phi) is 6.50. The van der Waals surface area contributed by atoms with Crippen LogP contribution in [0.2, 0.25) is 0 Å². The molecule has 1 aromatic carbocycles. The van der Waals surface area contributed by atoms with Gasteiger partial charge >= 0.3 is 0 Å². The number of aromatic nitrogens is 5. The second-order valence-corrected chi connectivity index (χ2v) is 8.60. The number of nitrogens with zero attached hydrogens (tertiary/aromatic N) is 7. The zero-order valence-electron chi connectivity index (χ0n) is 19.4. The van der Waals surface area contributed by atoms with E-state index in [0.29, 0.717) is 18.3 Å². The van der Waals surface area contributed by atoms with Gasteiger partial charge in [0.25, 0.3) is 5.91 Å². The molecule has 0 aliphatic carbocycles. The maximum absolute atomic E-state index is 13.0. The van der Waals surface area contributed by atoms with Crippen LogP contribution in [0.5, 0.6) is 0 Å². The first kappa shape index (κ1) is 22.6. The average molecular weight is 452 g/mol. The molecule has 174 valence electrons. The van der Waals surface area contributed by atoms with E-state index in [9.17, 15) is 4.79 Å². The summed E-state index contributed by atoms with van der Waals surface area (Å²) in [5.41, 5.74) is 13.5. The van der Waals surface area contributed by atoms with Gasteiger partial charge < -0.3 is 5.73 Å². The number of likely N-dealkylation sites (tertiary alicyclic amines) is 1. The second-order valence-electron chi connectivity index (χ2n) is 8.60. The summed E-state index contributed by atoms with van der Waals surface area (Å²) in [7, 11) is 0. The highest BCUT2D eigenvalue weighted by molar-refractivity contribution is 5.94. The summed E-state index contributed by atoms with van der Waals surface area (Å²) in [6, 6.07) is 4.53. The Morgan fingerprint density at radius 1 is 1.27 bits per heavy atom. The number of nitrogen functional groups attached to an aromatic ring is 1. The summed E-state index contributed by atoms with van der Waals surface area (Å²) in [5.74, 6) is -0.187. The number of carbonyl (C=O) groups is 1. The zero-order valence-corrected chi connectivity index (χ0v) is 19.4. The van der Waals surface area contributed by atoms with Crippen molar-refractivity contribution in [2.45, 2.75) is 59.5 Å². The average Bonchev–Trinajstić information content (AvgIpc) is 3.37. The number of nitrogens with one attached hydrogen (secondary N) is 1. The number of hydrogen-bond donors (Lipinski definition) is 2. The molecule has 1 fully saturated rings. The number of piperidine rings is 1. The molecule has 1 unspecified atom stereocenters. The number of aryl methyl sites for hydroxylation is 3. The molecule has 1 aliphatic rings. The van der Waals surface area contributed by atoms with Crippen molar-refractivity contribution in [3.63, 3.8) is 0 Å². The monoisotopic (exact) mass is 451 g/mol. The fraction of sp³-hybridized carbons (Fsp3) is 0.455. The van der Waals surface area contributed by atoms with Gasteiger partial charge in [0, 0.05) is 18.2 Å². The van der Waals surface area contributed by atoms with Crippen LogP contribution in [0, 0.1) is 20.8 Å². The molecular formula is C22H29N9O2. The molecule has 3 heterocycles. The van der Waals surface area contributed by atoms with E-state index in [2.05, 4.69) is 55.1 Å². The van der Waals surface area contributed by atoms with E-state index in [4.69, 9.17) is 10.4 Å². The van der Waals surface area contributed by atoms with E-state index in [1.165, 1.54) is 16.7 Å². The molecule has 0 bridgehead atoms. The van der Waals surface area contributed by atoms with Crippen LogP contribution in [-0.4, -0.2) is 54.9 Å². The molecule has 3 aromatic rings. The van der Waals surface area contributed by atoms with Gasteiger partial charge in [0.05, 0.1) is 11.9 Å². The number of amides is 1. The van der Waals surface area contributed by atoms with E-state index in [1.54, 1.807) is 6.21 Å². The summed E-state index contributed by atoms with van der Waals surface area (Å²) in [4.78, 5) is 15.3. The van der Waals surface area contributed by atoms with Crippen molar-refractivity contribution in [1.82, 2.24) is 35.6 Å². The maximum atomic E-state index is 13.0. The second kappa shape index (κ2) is 9.49. The summed E-state index contributed by atoms with van der Waals surface area (Å²) in [6.45, 7) is 9.64. The number of hydrazone groups is 1. The van der Waals surface area contributed by atoms with Crippen LogP contribution in [0.15, 0.2) is 21.9 Å². The Labute approximate surface area is 192 Å². The smallest absolute Gasteiger partial charge is 0.293 e. The van der Waals surface area contributed by atoms with Crippen LogP contribution in [0.25, 0.3) is 5.82 Å². The number of carbonyl (C=O) groups excluding carboxylic acids is 1. The highest BCUT2D eigenvalue weighted by atomic mass is 16.6. The largest absolute Gasteiger partial charge is 0.378 e. The predicted octanol–water partition coefficient (Wildman–Crippen LogP) is 2.30. The van der Waals surface area contributed by atoms with Crippen molar-refractivity contribution >= 4 is 17.9 Å². The third-order valence-electron chi connectivity index (χ3n) is 6.07. The molecule has 4 rings (SSSR count). The van der Waals surface area contributed by atoms with Crippen molar-refractivity contribution in [1.29, 1.82) is 0 Å². The third kappa shape index (κ3) is 4.77. The van der Waals surface area contributed by atoms with E-state index >= 15 is 0 Å². The van der Waals surface area contributed by atoms with Crippen LogP contribution < -0.4 is 11.2 Å². The molecule has 11 nitrogen and oxygen atoms in total. The first-order chi connectivity index (χ1) is 15.8. The zero-order chi connectivity index (χ0) is 23.5. The minimum atomic E-state index is -0.463. The van der Waals surface area contributed by atoms with Gasteiger partial charge in [-0.15, -0.1) is 5.10 Å². The summed E-state index contributed by atoms with van der Waals surface area (Å²) >= 11 is 0. The minimum Gasteiger partial charge on any atom is -0.378 e. The quantitative estimate of drug-likeness (QED) is 0.430. The van der Waals surface area contributed by atoms with E-state index in [1.807, 2.05) is 20.8 Å². The lowest BCUT2D eigenvalue weighted by Gasteiger charge is -2.33. The third-order valence-corrected chi connectivity index (χ3v) is 6.07. The van der Waals surface area contributed by atoms with Crippen molar-refractivity contribution in [2.24, 2.45) is 5.10 Å². The number of anilines is 1. The van der Waals surface area contributed by atoms with E-state index in [-0.39, 0.29) is 17.3 Å². The first-order valence-electron chi connectivity index (χ1n) is 11.0. The molecule has 0 saturated carbocycles. The number of hydrogen-bond acceptors (Lipinski definition) is 9. The standard InChI is InChI=1S/C22H29N9O2/c1-13-9-14(2)17(15(3)10-13)11-24-26-22(32)19-18(12-30-8-6-5-7-16(30)4)31(29-25-19)21-20(23)27-33-28-21/h9-11,16H,5-8,12H2,1-4H3,(H2,23,27)(H,26,32)/b24-11-. The molecule has 1 saturated heterocycles. The van der Waals surface area contributed by atoms with E-state index in [0.717, 1.165) is 36.1 Å². The van der Waals surface area contributed by atoms with Gasteiger partial charge in [-0.3, -0.25) is 9.69 Å². The Morgan fingerprint density at radius 2 is 2.03 bits per heavy atom. The fourth-order valence-corrected chi connectivity index (χ4v) is 4.32. The molecular weight excluding hydrogens is 422 g/mol. The summed E-state index contributed by atoms with van der Waals surface area (Å²) in [5, 5.41) is 19.9. The molecule has 33 heavy (non-hydrogen) atoms. The maximum Gasteiger partial charge on any atom is 0.293 e. The van der Waals surface area contributed by atoms with Crippen LogP contribution in [0.1, 0.15) is 64.6 Å². The van der Waals surface area contributed by atoms with Crippen molar-refractivity contribution < 1.29 is 9.42 Å². The molecule has 0 radical (unpaired) electrons. The van der Waals surface area contributed by atoms with Gasteiger partial charge in [0.15, 0.2) is 5.69 Å². The number of rotatable bonds is 6. The molecule has 0 spiro atoms. The van der Waals surface area contributed by atoms with Crippen LogP contribution in [-0.2, 0) is 6.54 Å². The number of benzene rings is 1. The van der Waals surface area contributed by atoms with Gasteiger partial charge in [-0.1, -0.05) is 29.3 Å². The van der Waals surface area contributed by atoms with Gasteiger partial charge in [-0.25, -0.2) is 10.1 Å². The lowest BCUT2D eigenvalue weighted by molar-refractivity contribution is 0.0945. The highest BCUT2D eigenvalue weighted by Crippen LogP contribution is 2.23. The number of nitrogens with two attached hydrogens (primary N) is 1. The SMILES string of the molecule is Cc1cc(C)c(/C=N\NC(=O)c2nnn(-c3nonc3N)c2CN2CCCCC2C)c(C)c1. The first-order valence-corrected chi connectivity index (χ1v) is 11.0. The molecule has 1 aliphatic heterocycles. The lowest BCUT2D eigenvalue weighted by atomic mass is 10.0. The Bertz CT molecular complexity index is 1160. The Morgan fingerprint density at radius 3 is 2.70 bits per heavy atom. The topological polar surface area (TPSA) is 140 Å². The Hall–Kier alpha value is -3.60. The van der Waals surface area contributed by atoms with Crippen molar-refractivity contribution in [2.75, 3.05) is 12.3 Å². The van der Waals surface area contributed by atoms with E-state index < -0.39 is 5.91 Å². The minimum absolute atomic E-state index is 0.0724. The lowest BCUT2D eigenvalue weighted by Crippen LogP contribution is -2.38. The van der Waals surface area contributed by atoms with Crippen molar-refractivity contribution in [3.8, 4) is 5.82 Å². The predicted molar refractivity (Wildman–Crippen MR) is 123 cm³/mol. The molecule has 11 heteroatoms. The van der Waals surface area contributed by atoms with Crippen molar-refractivity contribution in [3.05, 3.63) is 45.8 Å². The van der Waals surface area contributed by atoms with Gasteiger partial charge in [0.1, 0.15) is 0 Å². The molecule has 2 aromatic heterocycles. The fourth-order valence-electron chi connectivity index (χ4n) is 4.32. The molecule has 1 amide bonds. The Balaban J connectivity index is 1.60. The summed E-state index contributed by atoms with van der Waals surface area (Å²) < 4.78 is 6.15. The van der Waals surface area contributed by atoms with Gasteiger partial charge in [-0.2, -0.15) is 9.78 Å². The van der Waals surface area contributed by atoms with Gasteiger partial charge in [-0.05, 0) is 68.5 Å². The summed E-state index contributed by atoms with van der Waals surface area (Å²) in [6.07, 6.45) is 5.03. The highest BCUT2D eigenvalue weighted by Gasteiger charge is 2.28. The normalized spacial score (nSPS) is 17.0. The van der Waals surface area contributed by atoms with Crippen LogP contribution >= 0.6 is 0 Å².